The molecule has 0 saturated carbocycles. The lowest BCUT2D eigenvalue weighted by atomic mass is 10.1. The highest BCUT2D eigenvalue weighted by molar-refractivity contribution is 5.57. The van der Waals surface area contributed by atoms with Crippen molar-refractivity contribution in [2.75, 3.05) is 5.32 Å². The van der Waals surface area contributed by atoms with E-state index in [9.17, 15) is 10.1 Å². The maximum absolute atomic E-state index is 10.5. The number of hydrogen-bond acceptors (Lipinski definition) is 5. The molecule has 0 aliphatic rings. The van der Waals surface area contributed by atoms with Gasteiger partial charge in [0.15, 0.2) is 0 Å². The summed E-state index contributed by atoms with van der Waals surface area (Å²) in [4.78, 5) is 14.0. The first-order valence-corrected chi connectivity index (χ1v) is 5.79. The molecule has 2 rings (SSSR count). The molecule has 2 aromatic rings. The van der Waals surface area contributed by atoms with E-state index in [1.807, 2.05) is 31.2 Å². The van der Waals surface area contributed by atoms with E-state index in [4.69, 9.17) is 5.73 Å². The van der Waals surface area contributed by atoms with Gasteiger partial charge in [0.2, 0.25) is 0 Å². The Morgan fingerprint density at radius 3 is 2.42 bits per heavy atom. The minimum atomic E-state index is -0.478. The van der Waals surface area contributed by atoms with E-state index < -0.39 is 4.92 Å². The van der Waals surface area contributed by atoms with Crippen molar-refractivity contribution < 1.29 is 4.92 Å². The highest BCUT2D eigenvalue weighted by atomic mass is 16.6. The molecule has 1 atom stereocenters. The molecular weight excluding hydrogens is 244 g/mol. The van der Waals surface area contributed by atoms with Crippen molar-refractivity contribution in [1.29, 1.82) is 0 Å². The molecule has 98 valence electrons. The number of anilines is 2. The largest absolute Gasteiger partial charge is 0.340 e. The van der Waals surface area contributed by atoms with Gasteiger partial charge < -0.3 is 11.1 Å². The lowest BCUT2D eigenvalue weighted by molar-refractivity contribution is -0.385. The Morgan fingerprint density at radius 2 is 1.95 bits per heavy atom. The molecule has 19 heavy (non-hydrogen) atoms. The fourth-order valence-corrected chi connectivity index (χ4v) is 1.59. The predicted molar refractivity (Wildman–Crippen MR) is 73.2 cm³/mol. The first-order chi connectivity index (χ1) is 9.06. The lowest BCUT2D eigenvalue weighted by Crippen LogP contribution is -2.04. The summed E-state index contributed by atoms with van der Waals surface area (Å²) >= 11 is 0. The molecule has 6 nitrogen and oxygen atoms in total. The minimum Gasteiger partial charge on any atom is -0.340 e. The maximum Gasteiger partial charge on any atom is 0.287 e. The van der Waals surface area contributed by atoms with Crippen molar-refractivity contribution in [2.45, 2.75) is 13.0 Å². The molecule has 1 aromatic heterocycles. The van der Waals surface area contributed by atoms with E-state index in [2.05, 4.69) is 10.3 Å². The molecule has 0 radical (unpaired) electrons. The zero-order valence-electron chi connectivity index (χ0n) is 10.4. The summed E-state index contributed by atoms with van der Waals surface area (Å²) in [5.74, 6) is 0.555. The number of hydrogen-bond donors (Lipinski definition) is 2. The van der Waals surface area contributed by atoms with Gasteiger partial charge in [0, 0.05) is 17.8 Å². The average molecular weight is 258 g/mol. The molecule has 0 spiro atoms. The molecule has 0 aliphatic carbocycles. The van der Waals surface area contributed by atoms with Crippen LogP contribution in [-0.2, 0) is 0 Å². The van der Waals surface area contributed by atoms with Crippen LogP contribution in [0.15, 0.2) is 42.6 Å². The molecule has 0 amide bonds. The summed E-state index contributed by atoms with van der Waals surface area (Å²) in [7, 11) is 0. The van der Waals surface area contributed by atoms with Gasteiger partial charge in [0.05, 0.1) is 4.92 Å². The highest BCUT2D eigenvalue weighted by Crippen LogP contribution is 2.19. The van der Waals surface area contributed by atoms with Crippen LogP contribution in [0.25, 0.3) is 0 Å². The summed E-state index contributed by atoms with van der Waals surface area (Å²) < 4.78 is 0. The summed E-state index contributed by atoms with van der Waals surface area (Å²) in [6, 6.07) is 10.6. The van der Waals surface area contributed by atoms with Crippen LogP contribution in [0.1, 0.15) is 18.5 Å². The predicted octanol–water partition coefficient (Wildman–Crippen LogP) is 2.75. The van der Waals surface area contributed by atoms with Crippen molar-refractivity contribution in [3.05, 3.63) is 58.3 Å². The minimum absolute atomic E-state index is 0.00782. The first kappa shape index (κ1) is 13.0. The van der Waals surface area contributed by atoms with E-state index in [0.29, 0.717) is 5.82 Å². The smallest absolute Gasteiger partial charge is 0.287 e. The van der Waals surface area contributed by atoms with Crippen molar-refractivity contribution in [3.8, 4) is 0 Å². The van der Waals surface area contributed by atoms with E-state index in [1.54, 1.807) is 6.07 Å². The van der Waals surface area contributed by atoms with E-state index in [0.717, 1.165) is 11.3 Å². The van der Waals surface area contributed by atoms with Crippen LogP contribution < -0.4 is 11.1 Å². The molecular formula is C13H14N4O2. The summed E-state index contributed by atoms with van der Waals surface area (Å²) in [5.41, 5.74) is 7.63. The molecule has 3 N–H and O–H groups in total. The Morgan fingerprint density at radius 1 is 1.26 bits per heavy atom. The number of benzene rings is 1. The first-order valence-electron chi connectivity index (χ1n) is 5.79. The van der Waals surface area contributed by atoms with Crippen molar-refractivity contribution in [2.24, 2.45) is 5.73 Å². The van der Waals surface area contributed by atoms with Gasteiger partial charge in [-0.2, -0.15) is 0 Å². The summed E-state index contributed by atoms with van der Waals surface area (Å²) in [5, 5.41) is 13.6. The van der Waals surface area contributed by atoms with E-state index in [1.165, 1.54) is 12.3 Å². The third-order valence-electron chi connectivity index (χ3n) is 2.67. The molecule has 1 unspecified atom stereocenters. The molecule has 1 aromatic carbocycles. The van der Waals surface area contributed by atoms with Crippen LogP contribution in [0, 0.1) is 10.1 Å². The normalized spacial score (nSPS) is 11.9. The summed E-state index contributed by atoms with van der Waals surface area (Å²) in [6.07, 6.45) is 1.22. The molecule has 6 heteroatoms. The van der Waals surface area contributed by atoms with Crippen LogP contribution >= 0.6 is 0 Å². The summed E-state index contributed by atoms with van der Waals surface area (Å²) in [6.45, 7) is 1.92. The second-order valence-corrected chi connectivity index (χ2v) is 4.19. The Kier molecular flexibility index (Phi) is 3.72. The van der Waals surface area contributed by atoms with E-state index in [-0.39, 0.29) is 11.7 Å². The Hall–Kier alpha value is -2.47. The maximum atomic E-state index is 10.5. The standard InChI is InChI=1S/C13H14N4O2/c1-9(14)10-2-4-11(5-3-10)16-13-7-6-12(8-15-13)17(18)19/h2-9H,14H2,1H3,(H,15,16). The number of nitrogens with one attached hydrogen (secondary N) is 1. The zero-order chi connectivity index (χ0) is 13.8. The topological polar surface area (TPSA) is 94.1 Å². The quantitative estimate of drug-likeness (QED) is 0.649. The Balaban J connectivity index is 2.10. The van der Waals surface area contributed by atoms with Gasteiger partial charge in [-0.1, -0.05) is 12.1 Å². The van der Waals surface area contributed by atoms with Crippen LogP contribution in [0.5, 0.6) is 0 Å². The fourth-order valence-electron chi connectivity index (χ4n) is 1.59. The second-order valence-electron chi connectivity index (χ2n) is 4.19. The monoisotopic (exact) mass is 258 g/mol. The van der Waals surface area contributed by atoms with Gasteiger partial charge in [-0.15, -0.1) is 0 Å². The van der Waals surface area contributed by atoms with Crippen LogP contribution in [0.4, 0.5) is 17.2 Å². The van der Waals surface area contributed by atoms with Gasteiger partial charge in [0.1, 0.15) is 12.0 Å². The Bertz CT molecular complexity index is 564. The van der Waals surface area contributed by atoms with Crippen LogP contribution in [0.2, 0.25) is 0 Å². The van der Waals surface area contributed by atoms with Gasteiger partial charge in [0.25, 0.3) is 5.69 Å². The van der Waals surface area contributed by atoms with Gasteiger partial charge >= 0.3 is 0 Å². The number of rotatable bonds is 4. The lowest BCUT2D eigenvalue weighted by Gasteiger charge is -2.08. The van der Waals surface area contributed by atoms with Crippen molar-refractivity contribution >= 4 is 17.2 Å². The number of nitro groups is 1. The number of pyridine rings is 1. The average Bonchev–Trinajstić information content (AvgIpc) is 2.40. The number of nitrogens with two attached hydrogens (primary N) is 1. The third kappa shape index (κ3) is 3.26. The van der Waals surface area contributed by atoms with Crippen LogP contribution in [0.3, 0.4) is 0 Å². The van der Waals surface area contributed by atoms with Crippen molar-refractivity contribution in [1.82, 2.24) is 4.98 Å². The fraction of sp³-hybridized carbons (Fsp3) is 0.154. The number of aromatic nitrogens is 1. The van der Waals surface area contributed by atoms with E-state index >= 15 is 0 Å². The SMILES string of the molecule is CC(N)c1ccc(Nc2ccc([N+](=O)[O-])cn2)cc1. The van der Waals surface area contributed by atoms with Crippen LogP contribution in [-0.4, -0.2) is 9.91 Å². The molecule has 0 bridgehead atoms. The zero-order valence-corrected chi connectivity index (χ0v) is 10.4. The van der Waals surface area contributed by atoms with Gasteiger partial charge in [-0.25, -0.2) is 4.98 Å². The van der Waals surface area contributed by atoms with Gasteiger partial charge in [-0.05, 0) is 30.7 Å². The van der Waals surface area contributed by atoms with Gasteiger partial charge in [-0.3, -0.25) is 10.1 Å². The van der Waals surface area contributed by atoms with Crippen molar-refractivity contribution in [3.63, 3.8) is 0 Å². The second kappa shape index (κ2) is 5.45. The molecule has 0 aliphatic heterocycles. The molecule has 0 fully saturated rings. The highest BCUT2D eigenvalue weighted by Gasteiger charge is 2.05. The molecule has 0 saturated heterocycles. The Labute approximate surface area is 110 Å². The molecule has 1 heterocycles. The third-order valence-corrected chi connectivity index (χ3v) is 2.67. The number of nitrogens with zero attached hydrogens (tertiary/aromatic N) is 2.